The molecule has 1 aromatic carbocycles. The Morgan fingerprint density at radius 2 is 2.22 bits per heavy atom. The van der Waals surface area contributed by atoms with Gasteiger partial charge < -0.3 is 14.8 Å². The molecule has 0 aliphatic heterocycles. The fourth-order valence-electron chi connectivity index (χ4n) is 1.53. The van der Waals surface area contributed by atoms with E-state index in [9.17, 15) is 0 Å². The van der Waals surface area contributed by atoms with Crippen LogP contribution >= 0.6 is 11.6 Å². The van der Waals surface area contributed by atoms with Crippen LogP contribution in [0.4, 0.5) is 0 Å². The number of hydrogen-bond donors (Lipinski definition) is 1. The van der Waals surface area contributed by atoms with Crippen molar-refractivity contribution >= 4 is 11.6 Å². The number of benzene rings is 1. The maximum absolute atomic E-state index is 6.21. The van der Waals surface area contributed by atoms with Gasteiger partial charge in [-0.15, -0.1) is 6.58 Å². The lowest BCUT2D eigenvalue weighted by Gasteiger charge is -2.14. The Balaban J connectivity index is 2.85. The van der Waals surface area contributed by atoms with Gasteiger partial charge in [-0.25, -0.2) is 0 Å². The van der Waals surface area contributed by atoms with Crippen LogP contribution in [0.15, 0.2) is 24.8 Å². The average molecular weight is 270 g/mol. The number of nitrogens with one attached hydrogen (secondary N) is 1. The maximum Gasteiger partial charge on any atom is 0.179 e. The van der Waals surface area contributed by atoms with Gasteiger partial charge >= 0.3 is 0 Å². The molecule has 0 heterocycles. The van der Waals surface area contributed by atoms with Crippen LogP contribution in [-0.2, 0) is 6.54 Å². The first-order chi connectivity index (χ1) is 8.72. The van der Waals surface area contributed by atoms with Gasteiger partial charge in [-0.05, 0) is 30.7 Å². The molecule has 0 amide bonds. The van der Waals surface area contributed by atoms with Crippen molar-refractivity contribution in [3.8, 4) is 11.5 Å². The zero-order chi connectivity index (χ0) is 13.4. The molecule has 0 aliphatic rings. The minimum Gasteiger partial charge on any atom is -0.493 e. The van der Waals surface area contributed by atoms with Gasteiger partial charge in [-0.1, -0.05) is 24.6 Å². The van der Waals surface area contributed by atoms with Crippen LogP contribution < -0.4 is 14.8 Å². The summed E-state index contributed by atoms with van der Waals surface area (Å²) in [7, 11) is 1.61. The van der Waals surface area contributed by atoms with Crippen molar-refractivity contribution in [3.63, 3.8) is 0 Å². The summed E-state index contributed by atoms with van der Waals surface area (Å²) in [5, 5.41) is 3.82. The van der Waals surface area contributed by atoms with Gasteiger partial charge in [0.25, 0.3) is 0 Å². The van der Waals surface area contributed by atoms with Gasteiger partial charge in [0.15, 0.2) is 11.5 Å². The number of halogens is 1. The zero-order valence-electron chi connectivity index (χ0n) is 11.0. The van der Waals surface area contributed by atoms with Crippen LogP contribution in [0.2, 0.25) is 5.02 Å². The van der Waals surface area contributed by atoms with Crippen molar-refractivity contribution in [2.75, 3.05) is 20.3 Å². The molecule has 18 heavy (non-hydrogen) atoms. The molecule has 0 radical (unpaired) electrons. The molecule has 0 bridgehead atoms. The lowest BCUT2D eigenvalue weighted by Crippen LogP contribution is -2.12. The van der Waals surface area contributed by atoms with Gasteiger partial charge in [0.2, 0.25) is 0 Å². The fourth-order valence-corrected chi connectivity index (χ4v) is 1.82. The van der Waals surface area contributed by atoms with E-state index >= 15 is 0 Å². The average Bonchev–Trinajstić information content (AvgIpc) is 2.38. The minimum atomic E-state index is 0.548. The topological polar surface area (TPSA) is 30.5 Å². The molecule has 0 spiro atoms. The monoisotopic (exact) mass is 269 g/mol. The molecule has 0 saturated carbocycles. The van der Waals surface area contributed by atoms with E-state index in [0.717, 1.165) is 25.1 Å². The predicted octanol–water partition coefficient (Wildman–Crippen LogP) is 3.41. The first-order valence-electron chi connectivity index (χ1n) is 6.03. The van der Waals surface area contributed by atoms with E-state index in [1.54, 1.807) is 13.2 Å². The quantitative estimate of drug-likeness (QED) is 0.579. The molecule has 3 nitrogen and oxygen atoms in total. The molecule has 1 N–H and O–H groups in total. The van der Waals surface area contributed by atoms with E-state index in [-0.39, 0.29) is 0 Å². The molecule has 4 heteroatoms. The normalized spacial score (nSPS) is 10.2. The second-order valence-corrected chi connectivity index (χ2v) is 4.22. The number of ether oxygens (including phenoxy) is 2. The van der Waals surface area contributed by atoms with Crippen LogP contribution in [0, 0.1) is 0 Å². The SMILES string of the molecule is C=CCCOc1c(Cl)cc(CNCC)cc1OC. The van der Waals surface area contributed by atoms with Crippen LogP contribution in [0.1, 0.15) is 18.9 Å². The highest BCUT2D eigenvalue weighted by Crippen LogP contribution is 2.36. The van der Waals surface area contributed by atoms with E-state index in [1.165, 1.54) is 0 Å². The standard InChI is InChI=1S/C14H20ClNO2/c1-4-6-7-18-14-12(15)8-11(10-16-5-2)9-13(14)17-3/h4,8-9,16H,1,5-7,10H2,2-3H3. The molecule has 1 rings (SSSR count). The molecule has 0 aromatic heterocycles. The molecule has 100 valence electrons. The highest BCUT2D eigenvalue weighted by Gasteiger charge is 2.11. The summed E-state index contributed by atoms with van der Waals surface area (Å²) in [6, 6.07) is 3.84. The predicted molar refractivity (Wildman–Crippen MR) is 75.7 cm³/mol. The van der Waals surface area contributed by atoms with E-state index in [4.69, 9.17) is 21.1 Å². The highest BCUT2D eigenvalue weighted by atomic mass is 35.5. The second-order valence-electron chi connectivity index (χ2n) is 3.82. The zero-order valence-corrected chi connectivity index (χ0v) is 11.7. The fraction of sp³-hybridized carbons (Fsp3) is 0.429. The lowest BCUT2D eigenvalue weighted by atomic mass is 10.2. The van der Waals surface area contributed by atoms with Crippen molar-refractivity contribution in [1.29, 1.82) is 0 Å². The molecule has 0 atom stereocenters. The van der Waals surface area contributed by atoms with Crippen LogP contribution in [0.5, 0.6) is 11.5 Å². The highest BCUT2D eigenvalue weighted by molar-refractivity contribution is 6.32. The molecular weight excluding hydrogens is 250 g/mol. The van der Waals surface area contributed by atoms with Gasteiger partial charge in [0.1, 0.15) is 0 Å². The Bertz CT molecular complexity index is 394. The summed E-state index contributed by atoms with van der Waals surface area (Å²) in [4.78, 5) is 0. The minimum absolute atomic E-state index is 0.548. The molecule has 0 aliphatic carbocycles. The Kier molecular flexibility index (Phi) is 6.61. The van der Waals surface area contributed by atoms with Crippen LogP contribution in [0.3, 0.4) is 0 Å². The third-order valence-corrected chi connectivity index (χ3v) is 2.72. The van der Waals surface area contributed by atoms with Crippen molar-refractivity contribution in [3.05, 3.63) is 35.4 Å². The Morgan fingerprint density at radius 3 is 2.83 bits per heavy atom. The maximum atomic E-state index is 6.21. The summed E-state index contributed by atoms with van der Waals surface area (Å²) < 4.78 is 10.9. The Morgan fingerprint density at radius 1 is 1.44 bits per heavy atom. The van der Waals surface area contributed by atoms with Crippen molar-refractivity contribution in [1.82, 2.24) is 5.32 Å². The molecule has 1 aromatic rings. The summed E-state index contributed by atoms with van der Waals surface area (Å²) in [5.41, 5.74) is 1.08. The summed E-state index contributed by atoms with van der Waals surface area (Å²) >= 11 is 6.21. The molecule has 0 saturated heterocycles. The van der Waals surface area contributed by atoms with Gasteiger partial charge in [0, 0.05) is 6.54 Å². The van der Waals surface area contributed by atoms with Crippen LogP contribution in [-0.4, -0.2) is 20.3 Å². The van der Waals surface area contributed by atoms with E-state index in [2.05, 4.69) is 18.8 Å². The second kappa shape index (κ2) is 8.01. The smallest absolute Gasteiger partial charge is 0.179 e. The third kappa shape index (κ3) is 4.24. The number of methoxy groups -OCH3 is 1. The first-order valence-corrected chi connectivity index (χ1v) is 6.41. The first kappa shape index (κ1) is 14.9. The largest absolute Gasteiger partial charge is 0.493 e. The van der Waals surface area contributed by atoms with Gasteiger partial charge in [-0.3, -0.25) is 0 Å². The van der Waals surface area contributed by atoms with Gasteiger partial charge in [0.05, 0.1) is 18.7 Å². The number of hydrogen-bond acceptors (Lipinski definition) is 3. The van der Waals surface area contributed by atoms with Crippen LogP contribution in [0.25, 0.3) is 0 Å². The molecule has 0 fully saturated rings. The molecule has 0 unspecified atom stereocenters. The van der Waals surface area contributed by atoms with Gasteiger partial charge in [-0.2, -0.15) is 0 Å². The summed E-state index contributed by atoms with van der Waals surface area (Å²) in [6.07, 6.45) is 2.58. The van der Waals surface area contributed by atoms with E-state index in [1.807, 2.05) is 12.1 Å². The third-order valence-electron chi connectivity index (χ3n) is 2.44. The van der Waals surface area contributed by atoms with E-state index < -0.39 is 0 Å². The molecular formula is C14H20ClNO2. The Labute approximate surface area is 114 Å². The van der Waals surface area contributed by atoms with Crippen molar-refractivity contribution in [2.24, 2.45) is 0 Å². The van der Waals surface area contributed by atoms with Crippen molar-refractivity contribution in [2.45, 2.75) is 19.9 Å². The van der Waals surface area contributed by atoms with Crippen molar-refractivity contribution < 1.29 is 9.47 Å². The summed E-state index contributed by atoms with van der Waals surface area (Å²) in [5.74, 6) is 1.26. The Hall–Kier alpha value is -1.19. The lowest BCUT2D eigenvalue weighted by molar-refractivity contribution is 0.300. The summed E-state index contributed by atoms with van der Waals surface area (Å²) in [6.45, 7) is 7.94. The number of rotatable bonds is 8. The van der Waals surface area contributed by atoms with E-state index in [0.29, 0.717) is 23.1 Å².